The average molecular weight is 259 g/mol. The highest BCUT2D eigenvalue weighted by Crippen LogP contribution is 1.97. The van der Waals surface area contributed by atoms with Gasteiger partial charge in [0.1, 0.15) is 0 Å². The van der Waals surface area contributed by atoms with Crippen molar-refractivity contribution in [2.75, 3.05) is 0 Å². The molecule has 0 saturated carbocycles. The van der Waals surface area contributed by atoms with Crippen molar-refractivity contribution in [3.8, 4) is 0 Å². The van der Waals surface area contributed by atoms with Gasteiger partial charge in [-0.1, -0.05) is 93.6 Å². The van der Waals surface area contributed by atoms with Gasteiger partial charge in [-0.3, -0.25) is 0 Å². The molecule has 0 heterocycles. The third kappa shape index (κ3) is 75.3. The van der Waals surface area contributed by atoms with Crippen LogP contribution >= 0.6 is 0 Å². The predicted molar refractivity (Wildman–Crippen MR) is 91.4 cm³/mol. The summed E-state index contributed by atoms with van der Waals surface area (Å²) in [5.74, 6) is 0.884. The summed E-state index contributed by atoms with van der Waals surface area (Å²) >= 11 is 0. The maximum atomic E-state index is 3.63. The lowest BCUT2D eigenvalue weighted by molar-refractivity contribution is 0.626. The minimum atomic E-state index is 0.884. The van der Waals surface area contributed by atoms with Crippen LogP contribution in [0.25, 0.3) is 0 Å². The van der Waals surface area contributed by atoms with E-state index in [0.29, 0.717) is 0 Å². The summed E-state index contributed by atoms with van der Waals surface area (Å²) in [4.78, 5) is 0. The van der Waals surface area contributed by atoms with Crippen LogP contribution in [0.4, 0.5) is 0 Å². The maximum Gasteiger partial charge on any atom is -0.0353 e. The van der Waals surface area contributed by atoms with Crippen LogP contribution in [-0.4, -0.2) is 0 Å². The van der Waals surface area contributed by atoms with Crippen LogP contribution in [0, 0.1) is 5.92 Å². The van der Waals surface area contributed by atoms with Crippen molar-refractivity contribution in [1.29, 1.82) is 0 Å². The van der Waals surface area contributed by atoms with E-state index in [0.717, 1.165) is 5.92 Å². The third-order valence-corrected chi connectivity index (χ3v) is 2.33. The highest BCUT2D eigenvalue weighted by molar-refractivity contribution is 4.64. The van der Waals surface area contributed by atoms with E-state index in [-0.39, 0.29) is 0 Å². The molecule has 0 rings (SSSR count). The molecule has 0 bridgehead atoms. The Hall–Kier alpha value is -0.260. The molecule has 0 aliphatic rings. The molecule has 0 radical (unpaired) electrons. The van der Waals surface area contributed by atoms with Gasteiger partial charge in [0, 0.05) is 0 Å². The smallest absolute Gasteiger partial charge is 0.0353 e. The number of hydrogen-bond donors (Lipinski definition) is 0. The van der Waals surface area contributed by atoms with E-state index in [4.69, 9.17) is 0 Å². The molecule has 0 unspecified atom stereocenters. The van der Waals surface area contributed by atoms with Gasteiger partial charge in [0.25, 0.3) is 0 Å². The molecule has 0 saturated heterocycles. The van der Waals surface area contributed by atoms with Crippen LogP contribution in [0.15, 0.2) is 12.7 Å². The molecule has 0 nitrogen and oxygen atoms in total. The van der Waals surface area contributed by atoms with E-state index < -0.39 is 0 Å². The van der Waals surface area contributed by atoms with E-state index in [1.807, 2.05) is 19.9 Å². The lowest BCUT2D eigenvalue weighted by Crippen LogP contribution is -1.77. The Morgan fingerprint density at radius 1 is 0.833 bits per heavy atom. The van der Waals surface area contributed by atoms with Gasteiger partial charge in [-0.15, -0.1) is 6.58 Å². The molecular formula is C18H42. The van der Waals surface area contributed by atoms with Gasteiger partial charge in [-0.2, -0.15) is 0 Å². The monoisotopic (exact) mass is 258 g/mol. The van der Waals surface area contributed by atoms with Crippen LogP contribution < -0.4 is 0 Å². The SMILES string of the molecule is C=CCCCCC.CC.CCC(C)C.CCCC. The molecule has 0 aliphatic carbocycles. The Morgan fingerprint density at radius 2 is 1.22 bits per heavy atom. The molecule has 0 fully saturated rings. The summed E-state index contributed by atoms with van der Waals surface area (Å²) in [6.45, 7) is 20.8. The summed E-state index contributed by atoms with van der Waals surface area (Å²) in [6.07, 6.45) is 11.1. The van der Waals surface area contributed by atoms with Crippen molar-refractivity contribution < 1.29 is 0 Å². The van der Waals surface area contributed by atoms with Crippen molar-refractivity contribution in [1.82, 2.24) is 0 Å². The van der Waals surface area contributed by atoms with Crippen LogP contribution in [0.2, 0.25) is 0 Å². The molecule has 0 heteroatoms. The highest BCUT2D eigenvalue weighted by atomic mass is 13.9. The lowest BCUT2D eigenvalue weighted by atomic mass is 10.2. The zero-order chi connectivity index (χ0) is 15.2. The molecule has 0 amide bonds. The second-order valence-electron chi connectivity index (χ2n) is 4.59. The van der Waals surface area contributed by atoms with E-state index in [9.17, 15) is 0 Å². The summed E-state index contributed by atoms with van der Waals surface area (Å²) < 4.78 is 0. The molecule has 0 aromatic carbocycles. The van der Waals surface area contributed by atoms with Gasteiger partial charge in [0.2, 0.25) is 0 Å². The van der Waals surface area contributed by atoms with E-state index in [1.165, 1.54) is 44.9 Å². The fraction of sp³-hybridized carbons (Fsp3) is 0.889. The van der Waals surface area contributed by atoms with Crippen molar-refractivity contribution in [3.63, 3.8) is 0 Å². The van der Waals surface area contributed by atoms with Crippen LogP contribution in [-0.2, 0) is 0 Å². The van der Waals surface area contributed by atoms with Gasteiger partial charge in [0.05, 0.1) is 0 Å². The van der Waals surface area contributed by atoms with Gasteiger partial charge < -0.3 is 0 Å². The summed E-state index contributed by atoms with van der Waals surface area (Å²) in [7, 11) is 0. The first-order valence-corrected chi connectivity index (χ1v) is 8.21. The first-order valence-electron chi connectivity index (χ1n) is 8.21. The summed E-state index contributed by atoms with van der Waals surface area (Å²) in [6, 6.07) is 0. The molecule has 0 atom stereocenters. The Morgan fingerprint density at radius 3 is 1.39 bits per heavy atom. The fourth-order valence-corrected chi connectivity index (χ4v) is 0.539. The van der Waals surface area contributed by atoms with Gasteiger partial charge in [0.15, 0.2) is 0 Å². The predicted octanol–water partition coefficient (Wildman–Crippen LogP) is 7.64. The fourth-order valence-electron chi connectivity index (χ4n) is 0.539. The minimum Gasteiger partial charge on any atom is -0.103 e. The zero-order valence-electron chi connectivity index (χ0n) is 14.8. The number of hydrogen-bond acceptors (Lipinski definition) is 0. The third-order valence-electron chi connectivity index (χ3n) is 2.33. The van der Waals surface area contributed by atoms with Gasteiger partial charge in [-0.05, 0) is 18.8 Å². The second-order valence-corrected chi connectivity index (χ2v) is 4.59. The first kappa shape index (κ1) is 26.3. The molecule has 114 valence electrons. The highest BCUT2D eigenvalue weighted by Gasteiger charge is 1.80. The van der Waals surface area contributed by atoms with Crippen LogP contribution in [0.3, 0.4) is 0 Å². The second kappa shape index (κ2) is 36.0. The zero-order valence-corrected chi connectivity index (χ0v) is 14.8. The molecule has 18 heavy (non-hydrogen) atoms. The topological polar surface area (TPSA) is 0 Å². The Kier molecular flexibility index (Phi) is 52.6. The molecule has 0 aromatic rings. The van der Waals surface area contributed by atoms with Crippen molar-refractivity contribution in [2.24, 2.45) is 5.92 Å². The molecule has 0 spiro atoms. The van der Waals surface area contributed by atoms with Crippen molar-refractivity contribution >= 4 is 0 Å². The van der Waals surface area contributed by atoms with Crippen LogP contribution in [0.1, 0.15) is 100 Å². The van der Waals surface area contributed by atoms with Gasteiger partial charge >= 0.3 is 0 Å². The maximum absolute atomic E-state index is 3.63. The van der Waals surface area contributed by atoms with Crippen LogP contribution in [0.5, 0.6) is 0 Å². The van der Waals surface area contributed by atoms with E-state index >= 15 is 0 Å². The molecular weight excluding hydrogens is 216 g/mol. The largest absolute Gasteiger partial charge is 0.103 e. The standard InChI is InChI=1S/C7H14.C5H12.C4H10.C2H6/c1-3-5-7-6-4-2;1-4-5(2)3;1-3-4-2;1-2/h3H,1,4-7H2,2H3;5H,4H2,1-3H3;3-4H2,1-2H3;1-2H3. The Labute approximate surface area is 119 Å². The lowest BCUT2D eigenvalue weighted by Gasteiger charge is -1.90. The number of allylic oxidation sites excluding steroid dienone is 1. The summed E-state index contributed by atoms with van der Waals surface area (Å²) in [5.41, 5.74) is 0. The normalized spacial score (nSPS) is 8.06. The van der Waals surface area contributed by atoms with Crippen molar-refractivity contribution in [3.05, 3.63) is 12.7 Å². The quantitative estimate of drug-likeness (QED) is 0.339. The molecule has 0 N–H and O–H groups in total. The minimum absolute atomic E-state index is 0.884. The molecule has 0 aromatic heterocycles. The van der Waals surface area contributed by atoms with Crippen molar-refractivity contribution in [2.45, 2.75) is 100 Å². The molecule has 0 aliphatic heterocycles. The number of unbranched alkanes of at least 4 members (excludes halogenated alkanes) is 4. The Balaban J connectivity index is -0.0000000791. The Bertz CT molecular complexity index is 90.2. The first-order chi connectivity index (χ1) is 8.60. The van der Waals surface area contributed by atoms with E-state index in [1.54, 1.807) is 0 Å². The van der Waals surface area contributed by atoms with Gasteiger partial charge in [-0.25, -0.2) is 0 Å². The average Bonchev–Trinajstić information content (AvgIpc) is 2.42. The summed E-state index contributed by atoms with van der Waals surface area (Å²) in [5, 5.41) is 0. The number of rotatable bonds is 6. The van der Waals surface area contributed by atoms with E-state index in [2.05, 4.69) is 48.1 Å².